The molecule has 3 aromatic rings. The number of aromatic nitrogens is 2. The summed E-state index contributed by atoms with van der Waals surface area (Å²) in [5, 5.41) is 21.5. The fourth-order valence-electron chi connectivity index (χ4n) is 1.98. The minimum atomic E-state index is -1.26. The van der Waals surface area contributed by atoms with Gasteiger partial charge in [-0.2, -0.15) is 0 Å². The molecule has 0 saturated carbocycles. The van der Waals surface area contributed by atoms with Crippen molar-refractivity contribution in [3.05, 3.63) is 60.2 Å². The van der Waals surface area contributed by atoms with E-state index in [9.17, 15) is 14.7 Å². The summed E-state index contributed by atoms with van der Waals surface area (Å²) >= 11 is 1.11. The van der Waals surface area contributed by atoms with Crippen LogP contribution < -0.4 is 10.4 Å². The Morgan fingerprint density at radius 1 is 1.04 bits per heavy atom. The first-order chi connectivity index (χ1) is 12.1. The summed E-state index contributed by atoms with van der Waals surface area (Å²) in [4.78, 5) is 22.6. The molecule has 1 amide bonds. The number of thioether (sulfide) groups is 1. The average molecular weight is 354 g/mol. The van der Waals surface area contributed by atoms with Crippen molar-refractivity contribution in [2.45, 2.75) is 5.22 Å². The van der Waals surface area contributed by atoms with E-state index in [1.165, 1.54) is 24.3 Å². The average Bonchev–Trinajstić information content (AvgIpc) is 3.10. The Kier molecular flexibility index (Phi) is 5.10. The second kappa shape index (κ2) is 7.63. The molecule has 1 heterocycles. The zero-order valence-corrected chi connectivity index (χ0v) is 13.7. The van der Waals surface area contributed by atoms with Crippen LogP contribution >= 0.6 is 11.8 Å². The number of hydrogen-bond acceptors (Lipinski definition) is 7. The maximum absolute atomic E-state index is 11.9. The molecule has 7 nitrogen and oxygen atoms in total. The Hall–Kier alpha value is -3.13. The van der Waals surface area contributed by atoms with Gasteiger partial charge >= 0.3 is 0 Å². The molecule has 8 heteroatoms. The molecule has 2 aromatic carbocycles. The van der Waals surface area contributed by atoms with Crippen LogP contribution in [0.2, 0.25) is 0 Å². The monoisotopic (exact) mass is 354 g/mol. The zero-order chi connectivity index (χ0) is 17.6. The summed E-state index contributed by atoms with van der Waals surface area (Å²) in [7, 11) is 0. The molecule has 0 bridgehead atoms. The highest BCUT2D eigenvalue weighted by Gasteiger charge is 2.11. The van der Waals surface area contributed by atoms with Crippen LogP contribution in [0.4, 0.5) is 5.69 Å². The Morgan fingerprint density at radius 3 is 2.44 bits per heavy atom. The molecule has 1 N–H and O–H groups in total. The third kappa shape index (κ3) is 4.45. The van der Waals surface area contributed by atoms with Crippen molar-refractivity contribution in [2.75, 3.05) is 11.1 Å². The summed E-state index contributed by atoms with van der Waals surface area (Å²) < 4.78 is 5.50. The van der Waals surface area contributed by atoms with Crippen LogP contribution in [-0.2, 0) is 4.79 Å². The van der Waals surface area contributed by atoms with Gasteiger partial charge in [0.1, 0.15) is 0 Å². The smallest absolute Gasteiger partial charge is 0.277 e. The third-order valence-electron chi connectivity index (χ3n) is 3.16. The highest BCUT2D eigenvalue weighted by Crippen LogP contribution is 2.23. The number of carboxylic acids is 1. The van der Waals surface area contributed by atoms with E-state index in [-0.39, 0.29) is 17.2 Å². The van der Waals surface area contributed by atoms with E-state index in [4.69, 9.17) is 4.42 Å². The lowest BCUT2D eigenvalue weighted by Crippen LogP contribution is -2.22. The van der Waals surface area contributed by atoms with Crippen molar-refractivity contribution >= 4 is 29.3 Å². The molecule has 0 radical (unpaired) electrons. The summed E-state index contributed by atoms with van der Waals surface area (Å²) in [6.45, 7) is 0. The first-order valence-corrected chi connectivity index (χ1v) is 8.23. The number of carbonyl (C=O) groups is 2. The number of rotatable bonds is 6. The second-order valence-corrected chi connectivity index (χ2v) is 5.87. The van der Waals surface area contributed by atoms with Gasteiger partial charge in [0.2, 0.25) is 11.8 Å². The summed E-state index contributed by atoms with van der Waals surface area (Å²) in [5.41, 5.74) is 1.34. The maximum Gasteiger partial charge on any atom is 0.277 e. The van der Waals surface area contributed by atoms with Gasteiger partial charge in [-0.3, -0.25) is 4.79 Å². The number of aromatic carboxylic acids is 1. The van der Waals surface area contributed by atoms with E-state index in [0.29, 0.717) is 16.8 Å². The SMILES string of the molecule is O=C(CSc1nnc(-c2ccccc2)o1)Nc1ccc(C(=O)[O-])cc1. The number of amides is 1. The van der Waals surface area contributed by atoms with Crippen LogP contribution in [0, 0.1) is 0 Å². The molecule has 3 rings (SSSR count). The fourth-order valence-corrected chi connectivity index (χ4v) is 2.54. The first-order valence-electron chi connectivity index (χ1n) is 7.25. The van der Waals surface area contributed by atoms with Crippen LogP contribution in [0.1, 0.15) is 10.4 Å². The highest BCUT2D eigenvalue weighted by atomic mass is 32.2. The van der Waals surface area contributed by atoms with E-state index in [2.05, 4.69) is 15.5 Å². The van der Waals surface area contributed by atoms with Crippen molar-refractivity contribution in [3.8, 4) is 11.5 Å². The van der Waals surface area contributed by atoms with Crippen LogP contribution in [0.3, 0.4) is 0 Å². The van der Waals surface area contributed by atoms with Gasteiger partial charge in [-0.1, -0.05) is 42.1 Å². The summed E-state index contributed by atoms with van der Waals surface area (Å²) in [6.07, 6.45) is 0. The van der Waals surface area contributed by atoms with Crippen LogP contribution in [-0.4, -0.2) is 27.8 Å². The molecular weight excluding hydrogens is 342 g/mol. The van der Waals surface area contributed by atoms with Crippen molar-refractivity contribution in [1.82, 2.24) is 10.2 Å². The Bertz CT molecular complexity index is 878. The molecule has 0 saturated heterocycles. The Balaban J connectivity index is 1.54. The predicted octanol–water partition coefficient (Wildman–Crippen LogP) is 1.83. The van der Waals surface area contributed by atoms with Crippen molar-refractivity contribution < 1.29 is 19.1 Å². The quantitative estimate of drug-likeness (QED) is 0.673. The molecule has 126 valence electrons. The number of hydrogen-bond donors (Lipinski definition) is 1. The summed E-state index contributed by atoms with van der Waals surface area (Å²) in [5.74, 6) is -1.07. The Morgan fingerprint density at radius 2 is 1.76 bits per heavy atom. The van der Waals surface area contributed by atoms with Crippen molar-refractivity contribution in [2.24, 2.45) is 0 Å². The van der Waals surface area contributed by atoms with Gasteiger partial charge in [-0.15, -0.1) is 10.2 Å². The third-order valence-corrected chi connectivity index (χ3v) is 3.98. The van der Waals surface area contributed by atoms with Gasteiger partial charge in [-0.05, 0) is 29.8 Å². The van der Waals surface area contributed by atoms with Gasteiger partial charge in [0.05, 0.1) is 11.7 Å². The number of nitrogens with zero attached hydrogens (tertiary/aromatic N) is 2. The molecule has 0 spiro atoms. The first kappa shape index (κ1) is 16.7. The van der Waals surface area contributed by atoms with Crippen molar-refractivity contribution in [1.29, 1.82) is 0 Å². The molecule has 1 aromatic heterocycles. The van der Waals surface area contributed by atoms with Crippen LogP contribution in [0.15, 0.2) is 64.2 Å². The lowest BCUT2D eigenvalue weighted by atomic mass is 10.2. The molecule has 0 aliphatic rings. The van der Waals surface area contributed by atoms with Gasteiger partial charge in [0.25, 0.3) is 5.22 Å². The topological polar surface area (TPSA) is 108 Å². The lowest BCUT2D eigenvalue weighted by molar-refractivity contribution is -0.255. The second-order valence-electron chi connectivity index (χ2n) is 4.94. The van der Waals surface area contributed by atoms with Crippen LogP contribution in [0.5, 0.6) is 0 Å². The zero-order valence-electron chi connectivity index (χ0n) is 12.8. The fraction of sp³-hybridized carbons (Fsp3) is 0.0588. The molecule has 0 aliphatic heterocycles. The van der Waals surface area contributed by atoms with Gasteiger partial charge in [0, 0.05) is 11.3 Å². The van der Waals surface area contributed by atoms with Crippen molar-refractivity contribution in [3.63, 3.8) is 0 Å². The molecule has 0 atom stereocenters. The molecule has 0 fully saturated rings. The summed E-state index contributed by atoms with van der Waals surface area (Å²) in [6, 6.07) is 15.0. The number of carbonyl (C=O) groups excluding carboxylic acids is 2. The maximum atomic E-state index is 11.9. The standard InChI is InChI=1S/C17H13N3O4S/c21-14(18-13-8-6-12(7-9-13)16(22)23)10-25-17-20-19-15(24-17)11-4-2-1-3-5-11/h1-9H,10H2,(H,18,21)(H,22,23)/p-1. The minimum Gasteiger partial charge on any atom is -0.545 e. The number of benzene rings is 2. The minimum absolute atomic E-state index is 0.0478. The van der Waals surface area contributed by atoms with E-state index >= 15 is 0 Å². The largest absolute Gasteiger partial charge is 0.545 e. The molecular formula is C17H12N3O4S-. The van der Waals surface area contributed by atoms with Crippen LogP contribution in [0.25, 0.3) is 11.5 Å². The molecule has 25 heavy (non-hydrogen) atoms. The molecule has 0 aliphatic carbocycles. The van der Waals surface area contributed by atoms with Gasteiger partial charge in [-0.25, -0.2) is 0 Å². The molecule has 0 unspecified atom stereocenters. The van der Waals surface area contributed by atoms with E-state index in [0.717, 1.165) is 17.3 Å². The van der Waals surface area contributed by atoms with Gasteiger partial charge in [0.15, 0.2) is 0 Å². The van der Waals surface area contributed by atoms with E-state index < -0.39 is 5.97 Å². The highest BCUT2D eigenvalue weighted by molar-refractivity contribution is 7.99. The number of carboxylic acid groups (broad SMARTS) is 1. The number of nitrogens with one attached hydrogen (secondary N) is 1. The van der Waals surface area contributed by atoms with E-state index in [1.807, 2.05) is 30.3 Å². The lowest BCUT2D eigenvalue weighted by Gasteiger charge is -2.06. The van der Waals surface area contributed by atoms with Gasteiger partial charge < -0.3 is 19.6 Å². The predicted molar refractivity (Wildman–Crippen MR) is 89.9 cm³/mol. The Labute approximate surface area is 147 Å². The van der Waals surface area contributed by atoms with E-state index in [1.54, 1.807) is 0 Å². The number of anilines is 1. The normalized spacial score (nSPS) is 10.4.